The molecule has 5 heteroatoms. The number of aliphatic carboxylic acids is 1. The van der Waals surface area contributed by atoms with Gasteiger partial charge in [0.1, 0.15) is 0 Å². The highest BCUT2D eigenvalue weighted by molar-refractivity contribution is 6.30. The maximum absolute atomic E-state index is 10.8. The van der Waals surface area contributed by atoms with Gasteiger partial charge in [-0.15, -0.1) is 0 Å². The molecule has 2 rings (SSSR count). The van der Waals surface area contributed by atoms with Crippen LogP contribution in [0.2, 0.25) is 5.02 Å². The number of hydrogen-bond acceptors (Lipinski definition) is 3. The van der Waals surface area contributed by atoms with E-state index in [9.17, 15) is 4.79 Å². The van der Waals surface area contributed by atoms with Crippen molar-refractivity contribution >= 4 is 17.6 Å². The summed E-state index contributed by atoms with van der Waals surface area (Å²) < 4.78 is 0. The number of halogens is 1. The summed E-state index contributed by atoms with van der Waals surface area (Å²) >= 11 is 6.11. The summed E-state index contributed by atoms with van der Waals surface area (Å²) in [5.41, 5.74) is 1.25. The zero-order valence-electron chi connectivity index (χ0n) is 12.5. The van der Waals surface area contributed by atoms with Crippen LogP contribution in [-0.2, 0) is 4.79 Å². The van der Waals surface area contributed by atoms with Gasteiger partial charge in [0.2, 0.25) is 0 Å². The summed E-state index contributed by atoms with van der Waals surface area (Å²) in [6.45, 7) is 5.89. The summed E-state index contributed by atoms with van der Waals surface area (Å²) in [4.78, 5) is 15.3. The number of nitrogens with zero attached hydrogens (tertiary/aromatic N) is 2. The average molecular weight is 311 g/mol. The monoisotopic (exact) mass is 310 g/mol. The van der Waals surface area contributed by atoms with Crippen LogP contribution in [0.25, 0.3) is 0 Å². The first-order valence-electron chi connectivity index (χ1n) is 7.54. The van der Waals surface area contributed by atoms with E-state index < -0.39 is 5.97 Å². The van der Waals surface area contributed by atoms with Crippen molar-refractivity contribution in [3.8, 4) is 0 Å². The van der Waals surface area contributed by atoms with Crippen LogP contribution < -0.4 is 0 Å². The third-order valence-corrected chi connectivity index (χ3v) is 4.28. The Kier molecular flexibility index (Phi) is 6.03. The Hall–Kier alpha value is -1.10. The predicted octanol–water partition coefficient (Wildman–Crippen LogP) is 2.88. The van der Waals surface area contributed by atoms with Crippen molar-refractivity contribution in [3.05, 3.63) is 34.9 Å². The zero-order valence-corrected chi connectivity index (χ0v) is 13.2. The third-order valence-electron chi connectivity index (χ3n) is 4.04. The number of hydrogen-bond donors (Lipinski definition) is 1. The van der Waals surface area contributed by atoms with E-state index in [0.717, 1.165) is 44.0 Å². The molecule has 1 saturated heterocycles. The molecule has 1 heterocycles. The highest BCUT2D eigenvalue weighted by atomic mass is 35.5. The maximum Gasteiger partial charge on any atom is 0.317 e. The minimum atomic E-state index is -0.745. The van der Waals surface area contributed by atoms with Gasteiger partial charge in [0, 0.05) is 37.2 Å². The van der Waals surface area contributed by atoms with E-state index in [2.05, 4.69) is 17.9 Å². The SMILES string of the molecule is CC[C@@H](c1cccc(Cl)c1)N1CCCN(CC(=O)O)CC1. The molecule has 0 aliphatic carbocycles. The van der Waals surface area contributed by atoms with Gasteiger partial charge in [-0.2, -0.15) is 0 Å². The first kappa shape index (κ1) is 16.3. The molecule has 0 saturated carbocycles. The molecule has 0 spiro atoms. The van der Waals surface area contributed by atoms with Crippen LogP contribution in [0.15, 0.2) is 24.3 Å². The number of benzene rings is 1. The van der Waals surface area contributed by atoms with E-state index >= 15 is 0 Å². The van der Waals surface area contributed by atoms with Crippen molar-refractivity contribution in [2.24, 2.45) is 0 Å². The lowest BCUT2D eigenvalue weighted by Crippen LogP contribution is -2.35. The summed E-state index contributed by atoms with van der Waals surface area (Å²) in [5.74, 6) is -0.745. The Labute approximate surface area is 131 Å². The first-order chi connectivity index (χ1) is 10.1. The van der Waals surface area contributed by atoms with Crippen LogP contribution in [0.1, 0.15) is 31.4 Å². The van der Waals surface area contributed by atoms with Gasteiger partial charge < -0.3 is 5.11 Å². The molecule has 1 aliphatic rings. The van der Waals surface area contributed by atoms with Gasteiger partial charge in [-0.25, -0.2) is 0 Å². The van der Waals surface area contributed by atoms with Gasteiger partial charge in [0.05, 0.1) is 6.54 Å². The Morgan fingerprint density at radius 2 is 2.14 bits per heavy atom. The van der Waals surface area contributed by atoms with Gasteiger partial charge in [-0.3, -0.25) is 14.6 Å². The smallest absolute Gasteiger partial charge is 0.317 e. The predicted molar refractivity (Wildman–Crippen MR) is 84.7 cm³/mol. The van der Waals surface area contributed by atoms with Crippen LogP contribution >= 0.6 is 11.6 Å². The molecule has 0 radical (unpaired) electrons. The van der Waals surface area contributed by atoms with Crippen molar-refractivity contribution in [3.63, 3.8) is 0 Å². The molecule has 0 unspecified atom stereocenters. The van der Waals surface area contributed by atoms with E-state index in [0.29, 0.717) is 6.04 Å². The van der Waals surface area contributed by atoms with Crippen LogP contribution in [0.3, 0.4) is 0 Å². The molecule has 1 atom stereocenters. The zero-order chi connectivity index (χ0) is 15.2. The van der Waals surface area contributed by atoms with Crippen LogP contribution in [0, 0.1) is 0 Å². The summed E-state index contributed by atoms with van der Waals surface area (Å²) in [7, 11) is 0. The molecule has 116 valence electrons. The highest BCUT2D eigenvalue weighted by Gasteiger charge is 2.23. The molecule has 1 N–H and O–H groups in total. The molecule has 0 aromatic heterocycles. The Bertz CT molecular complexity index is 481. The topological polar surface area (TPSA) is 43.8 Å². The second-order valence-corrected chi connectivity index (χ2v) is 5.97. The van der Waals surface area contributed by atoms with Crippen molar-refractivity contribution in [2.45, 2.75) is 25.8 Å². The van der Waals surface area contributed by atoms with E-state index in [1.807, 2.05) is 23.1 Å². The Morgan fingerprint density at radius 3 is 2.81 bits per heavy atom. The third kappa shape index (κ3) is 4.70. The van der Waals surface area contributed by atoms with Gasteiger partial charge in [0.25, 0.3) is 0 Å². The van der Waals surface area contributed by atoms with Gasteiger partial charge in [-0.1, -0.05) is 30.7 Å². The van der Waals surface area contributed by atoms with Crippen molar-refractivity contribution < 1.29 is 9.90 Å². The summed E-state index contributed by atoms with van der Waals surface area (Å²) in [6, 6.07) is 8.41. The molecule has 0 amide bonds. The lowest BCUT2D eigenvalue weighted by Gasteiger charge is -2.30. The minimum absolute atomic E-state index is 0.141. The Balaban J connectivity index is 2.04. The fraction of sp³-hybridized carbons (Fsp3) is 0.562. The average Bonchev–Trinajstić information content (AvgIpc) is 2.65. The van der Waals surface area contributed by atoms with Crippen molar-refractivity contribution in [1.82, 2.24) is 9.80 Å². The van der Waals surface area contributed by atoms with Gasteiger partial charge in [-0.05, 0) is 30.5 Å². The molecule has 1 fully saturated rings. The summed E-state index contributed by atoms with van der Waals surface area (Å²) in [5, 5.41) is 9.69. The van der Waals surface area contributed by atoms with Gasteiger partial charge >= 0.3 is 5.97 Å². The lowest BCUT2D eigenvalue weighted by atomic mass is 10.0. The fourth-order valence-corrected chi connectivity index (χ4v) is 3.27. The van der Waals surface area contributed by atoms with Crippen LogP contribution in [0.5, 0.6) is 0 Å². The molecule has 21 heavy (non-hydrogen) atoms. The molecule has 0 bridgehead atoms. The van der Waals surface area contributed by atoms with E-state index in [4.69, 9.17) is 16.7 Å². The number of carboxylic acids is 1. The van der Waals surface area contributed by atoms with E-state index in [1.54, 1.807) is 0 Å². The van der Waals surface area contributed by atoms with Crippen LogP contribution in [0.4, 0.5) is 0 Å². The van der Waals surface area contributed by atoms with E-state index in [1.165, 1.54) is 5.56 Å². The highest BCUT2D eigenvalue weighted by Crippen LogP contribution is 2.27. The second-order valence-electron chi connectivity index (χ2n) is 5.54. The largest absolute Gasteiger partial charge is 0.480 e. The van der Waals surface area contributed by atoms with E-state index in [-0.39, 0.29) is 6.54 Å². The normalized spacial score (nSPS) is 19.1. The number of carbonyl (C=O) groups is 1. The van der Waals surface area contributed by atoms with Crippen LogP contribution in [-0.4, -0.2) is 53.6 Å². The molecule has 1 aromatic carbocycles. The quantitative estimate of drug-likeness (QED) is 0.908. The molecule has 4 nitrogen and oxygen atoms in total. The lowest BCUT2D eigenvalue weighted by molar-refractivity contribution is -0.138. The summed E-state index contributed by atoms with van der Waals surface area (Å²) in [6.07, 6.45) is 2.03. The second kappa shape index (κ2) is 7.78. The molecular weight excluding hydrogens is 288 g/mol. The molecule has 1 aromatic rings. The number of rotatable bonds is 5. The Morgan fingerprint density at radius 1 is 1.33 bits per heavy atom. The maximum atomic E-state index is 10.8. The first-order valence-corrected chi connectivity index (χ1v) is 7.91. The van der Waals surface area contributed by atoms with Gasteiger partial charge in [0.15, 0.2) is 0 Å². The van der Waals surface area contributed by atoms with Crippen molar-refractivity contribution in [1.29, 1.82) is 0 Å². The van der Waals surface area contributed by atoms with Crippen molar-refractivity contribution in [2.75, 3.05) is 32.7 Å². The fourth-order valence-electron chi connectivity index (χ4n) is 3.07. The minimum Gasteiger partial charge on any atom is -0.480 e. The number of carboxylic acid groups (broad SMARTS) is 1. The standard InChI is InChI=1S/C16H23ClN2O2/c1-2-15(13-5-3-6-14(17)11-13)19-8-4-7-18(9-10-19)12-16(20)21/h3,5-6,11,15H,2,4,7-10,12H2,1H3,(H,20,21)/t15-/m0/s1. The molecule has 1 aliphatic heterocycles. The molecular formula is C16H23ClN2O2.